The highest BCUT2D eigenvalue weighted by atomic mass is 32.2. The lowest BCUT2D eigenvalue weighted by molar-refractivity contribution is -0.137. The van der Waals surface area contributed by atoms with Crippen LogP contribution in [0, 0.1) is 0 Å². The van der Waals surface area contributed by atoms with Gasteiger partial charge in [-0.05, 0) is 61.7 Å². The Bertz CT molecular complexity index is 1310. The second-order valence-corrected chi connectivity index (χ2v) is 10.8. The van der Waals surface area contributed by atoms with E-state index in [4.69, 9.17) is 4.74 Å². The van der Waals surface area contributed by atoms with Gasteiger partial charge in [0.15, 0.2) is 0 Å². The lowest BCUT2D eigenvalue weighted by atomic mass is 9.98. The molecular formula is C24H26F3N3O5S. The van der Waals surface area contributed by atoms with Gasteiger partial charge in [-0.1, -0.05) is 6.07 Å². The van der Waals surface area contributed by atoms with E-state index >= 15 is 0 Å². The number of alkyl halides is 3. The molecular weight excluding hydrogens is 499 g/mol. The number of halogens is 3. The van der Waals surface area contributed by atoms with E-state index in [9.17, 15) is 31.2 Å². The Kier molecular flexibility index (Phi) is 6.67. The smallest absolute Gasteiger partial charge is 0.416 e. The third kappa shape index (κ3) is 4.73. The molecule has 4 rings (SSSR count). The van der Waals surface area contributed by atoms with E-state index in [-0.39, 0.29) is 48.6 Å². The molecule has 2 aliphatic rings. The molecule has 36 heavy (non-hydrogen) atoms. The summed E-state index contributed by atoms with van der Waals surface area (Å²) < 4.78 is 72.3. The van der Waals surface area contributed by atoms with E-state index in [1.807, 2.05) is 0 Å². The van der Waals surface area contributed by atoms with E-state index in [0.717, 1.165) is 16.4 Å². The second kappa shape index (κ2) is 9.30. The molecule has 1 unspecified atom stereocenters. The van der Waals surface area contributed by atoms with Gasteiger partial charge in [0.05, 0.1) is 41.0 Å². The SMILES string of the molecule is CCOC(=O)N1CC(C)N(C(C)=O)c2ccc(-c3cc(N4CCCS4(=O)=O)cc(C(F)(F)F)c3)cc21. The first-order valence-electron chi connectivity index (χ1n) is 11.4. The molecule has 2 amide bonds. The third-order valence-electron chi connectivity index (χ3n) is 6.21. The summed E-state index contributed by atoms with van der Waals surface area (Å²) >= 11 is 0. The summed E-state index contributed by atoms with van der Waals surface area (Å²) in [5.74, 6) is -0.383. The molecule has 0 aromatic heterocycles. The van der Waals surface area contributed by atoms with Gasteiger partial charge in [0.25, 0.3) is 0 Å². The standard InChI is InChI=1S/C24H26F3N3O5S/c1-4-35-23(32)28-14-15(2)30(16(3)31)21-7-6-17(12-22(21)28)18-10-19(24(25,26)27)13-20(11-18)29-8-5-9-36(29,33)34/h6-7,10-13,15H,4-5,8-9,14H2,1-3H3. The van der Waals surface area contributed by atoms with Gasteiger partial charge in [-0.15, -0.1) is 0 Å². The summed E-state index contributed by atoms with van der Waals surface area (Å²) in [5, 5.41) is 0. The summed E-state index contributed by atoms with van der Waals surface area (Å²) in [4.78, 5) is 27.9. The van der Waals surface area contributed by atoms with Crippen LogP contribution < -0.4 is 14.1 Å². The zero-order chi connectivity index (χ0) is 26.4. The normalized spacial score (nSPS) is 19.3. The maximum atomic E-state index is 13.8. The number of sulfonamides is 1. The van der Waals surface area contributed by atoms with Gasteiger partial charge in [-0.25, -0.2) is 13.2 Å². The number of hydrogen-bond donors (Lipinski definition) is 0. The van der Waals surface area contributed by atoms with Crippen LogP contribution in [0.5, 0.6) is 0 Å². The molecule has 2 aromatic rings. The average Bonchev–Trinajstić information content (AvgIpc) is 3.16. The number of nitrogens with zero attached hydrogens (tertiary/aromatic N) is 3. The fourth-order valence-corrected chi connectivity index (χ4v) is 6.22. The highest BCUT2D eigenvalue weighted by Crippen LogP contribution is 2.42. The molecule has 0 radical (unpaired) electrons. The largest absolute Gasteiger partial charge is 0.449 e. The van der Waals surface area contributed by atoms with Crippen molar-refractivity contribution in [1.82, 2.24) is 0 Å². The van der Waals surface area contributed by atoms with Crippen LogP contribution in [-0.4, -0.2) is 51.9 Å². The van der Waals surface area contributed by atoms with Crippen molar-refractivity contribution in [3.63, 3.8) is 0 Å². The highest BCUT2D eigenvalue weighted by Gasteiger charge is 2.36. The number of benzene rings is 2. The molecule has 1 atom stereocenters. The maximum Gasteiger partial charge on any atom is 0.416 e. The van der Waals surface area contributed by atoms with Crippen LogP contribution in [0.2, 0.25) is 0 Å². The molecule has 1 saturated heterocycles. The lowest BCUT2D eigenvalue weighted by Gasteiger charge is -2.40. The molecule has 2 aliphatic heterocycles. The summed E-state index contributed by atoms with van der Waals surface area (Å²) in [7, 11) is -3.71. The molecule has 2 heterocycles. The van der Waals surface area contributed by atoms with Crippen molar-refractivity contribution in [1.29, 1.82) is 0 Å². The van der Waals surface area contributed by atoms with Gasteiger partial charge in [-0.2, -0.15) is 13.2 Å². The Morgan fingerprint density at radius 2 is 1.81 bits per heavy atom. The zero-order valence-electron chi connectivity index (χ0n) is 20.0. The first-order chi connectivity index (χ1) is 16.8. The van der Waals surface area contributed by atoms with Crippen LogP contribution in [0.3, 0.4) is 0 Å². The van der Waals surface area contributed by atoms with Crippen LogP contribution in [0.15, 0.2) is 36.4 Å². The van der Waals surface area contributed by atoms with Crippen LogP contribution in [0.25, 0.3) is 11.1 Å². The van der Waals surface area contributed by atoms with Crippen molar-refractivity contribution >= 4 is 39.1 Å². The quantitative estimate of drug-likeness (QED) is 0.583. The van der Waals surface area contributed by atoms with Crippen molar-refractivity contribution in [2.45, 2.75) is 39.4 Å². The molecule has 0 bridgehead atoms. The molecule has 1 fully saturated rings. The number of hydrogen-bond acceptors (Lipinski definition) is 5. The maximum absolute atomic E-state index is 13.8. The average molecular weight is 526 g/mol. The van der Waals surface area contributed by atoms with Crippen molar-refractivity contribution in [3.8, 4) is 11.1 Å². The topological polar surface area (TPSA) is 87.2 Å². The van der Waals surface area contributed by atoms with Crippen molar-refractivity contribution in [2.24, 2.45) is 0 Å². The summed E-state index contributed by atoms with van der Waals surface area (Å²) in [5.41, 5.74) is 0.123. The van der Waals surface area contributed by atoms with Crippen molar-refractivity contribution in [2.75, 3.05) is 39.6 Å². The Balaban J connectivity index is 1.89. The number of carbonyl (C=O) groups excluding carboxylic acids is 2. The summed E-state index contributed by atoms with van der Waals surface area (Å²) in [6, 6.07) is 7.44. The van der Waals surface area contributed by atoms with Gasteiger partial charge in [0, 0.05) is 20.0 Å². The van der Waals surface area contributed by atoms with Crippen LogP contribution in [-0.2, 0) is 25.7 Å². The van der Waals surface area contributed by atoms with Crippen LogP contribution in [0.4, 0.5) is 35.0 Å². The minimum absolute atomic E-state index is 0.0729. The Morgan fingerprint density at radius 1 is 1.08 bits per heavy atom. The van der Waals surface area contributed by atoms with Gasteiger partial charge in [0.2, 0.25) is 15.9 Å². The van der Waals surface area contributed by atoms with Gasteiger partial charge < -0.3 is 9.64 Å². The van der Waals surface area contributed by atoms with E-state index in [1.54, 1.807) is 26.0 Å². The van der Waals surface area contributed by atoms with Crippen molar-refractivity contribution < 1.29 is 35.9 Å². The van der Waals surface area contributed by atoms with E-state index in [0.29, 0.717) is 23.4 Å². The predicted molar refractivity (Wildman–Crippen MR) is 130 cm³/mol. The lowest BCUT2D eigenvalue weighted by Crippen LogP contribution is -2.51. The van der Waals surface area contributed by atoms with Gasteiger partial charge in [-0.3, -0.25) is 14.0 Å². The van der Waals surface area contributed by atoms with Crippen LogP contribution >= 0.6 is 0 Å². The van der Waals surface area contributed by atoms with E-state index in [1.165, 1.54) is 28.9 Å². The third-order valence-corrected chi connectivity index (χ3v) is 8.08. The van der Waals surface area contributed by atoms with Gasteiger partial charge in [0.1, 0.15) is 0 Å². The van der Waals surface area contributed by atoms with E-state index in [2.05, 4.69) is 0 Å². The number of rotatable bonds is 3. The number of amides is 2. The summed E-state index contributed by atoms with van der Waals surface area (Å²) in [6.45, 7) is 5.17. The Hall–Kier alpha value is -3.28. The first-order valence-corrected chi connectivity index (χ1v) is 13.1. The fourth-order valence-electron chi connectivity index (χ4n) is 4.67. The molecule has 2 aromatic carbocycles. The van der Waals surface area contributed by atoms with E-state index < -0.39 is 27.9 Å². The molecule has 12 heteroatoms. The number of fused-ring (bicyclic) bond motifs is 1. The molecule has 0 spiro atoms. The Morgan fingerprint density at radius 3 is 2.39 bits per heavy atom. The number of carbonyl (C=O) groups is 2. The minimum Gasteiger partial charge on any atom is -0.449 e. The highest BCUT2D eigenvalue weighted by molar-refractivity contribution is 7.93. The van der Waals surface area contributed by atoms with Crippen LogP contribution in [0.1, 0.15) is 32.8 Å². The minimum atomic E-state index is -4.71. The molecule has 0 aliphatic carbocycles. The fraction of sp³-hybridized carbons (Fsp3) is 0.417. The number of anilines is 3. The number of ether oxygens (including phenoxy) is 1. The van der Waals surface area contributed by atoms with Gasteiger partial charge >= 0.3 is 12.3 Å². The monoisotopic (exact) mass is 525 g/mol. The molecule has 0 N–H and O–H groups in total. The predicted octanol–water partition coefficient (Wildman–Crippen LogP) is 4.63. The Labute approximate surface area is 207 Å². The second-order valence-electron chi connectivity index (χ2n) is 8.76. The zero-order valence-corrected chi connectivity index (χ0v) is 20.8. The first kappa shape index (κ1) is 25.8. The summed E-state index contributed by atoms with van der Waals surface area (Å²) in [6.07, 6.45) is -5.03. The molecule has 8 nitrogen and oxygen atoms in total. The van der Waals surface area contributed by atoms with Crippen molar-refractivity contribution in [3.05, 3.63) is 42.0 Å². The molecule has 0 saturated carbocycles. The molecule has 194 valence electrons.